The zero-order chi connectivity index (χ0) is 13.7. The molecule has 0 spiro atoms. The van der Waals surface area contributed by atoms with Crippen LogP contribution >= 0.6 is 11.8 Å². The molecular weight excluding hydrogens is 252 g/mol. The molecular formula is C16H24N2S. The Balaban J connectivity index is 2.13. The lowest BCUT2D eigenvalue weighted by atomic mass is 9.96. The van der Waals surface area contributed by atoms with Crippen LogP contribution in [0, 0.1) is 0 Å². The molecule has 1 unspecified atom stereocenters. The van der Waals surface area contributed by atoms with Gasteiger partial charge in [-0.2, -0.15) is 0 Å². The first-order valence-electron chi connectivity index (χ1n) is 7.26. The van der Waals surface area contributed by atoms with Crippen LogP contribution < -0.4 is 5.32 Å². The van der Waals surface area contributed by atoms with E-state index in [1.54, 1.807) is 0 Å². The summed E-state index contributed by atoms with van der Waals surface area (Å²) in [5, 5.41) is 4.78. The zero-order valence-electron chi connectivity index (χ0n) is 12.1. The molecule has 1 aromatic carbocycles. The number of hydrogen-bond donors (Lipinski definition) is 1. The van der Waals surface area contributed by atoms with E-state index >= 15 is 0 Å². The van der Waals surface area contributed by atoms with Crippen molar-refractivity contribution in [1.29, 1.82) is 0 Å². The van der Waals surface area contributed by atoms with Gasteiger partial charge in [-0.1, -0.05) is 62.9 Å². The Morgan fingerprint density at radius 3 is 2.42 bits per heavy atom. The van der Waals surface area contributed by atoms with Crippen LogP contribution in [-0.4, -0.2) is 16.5 Å². The van der Waals surface area contributed by atoms with Crippen LogP contribution in [0.15, 0.2) is 35.3 Å². The Bertz CT molecular complexity index is 424. The summed E-state index contributed by atoms with van der Waals surface area (Å²) in [5.41, 5.74) is 1.57. The molecule has 0 amide bonds. The maximum Gasteiger partial charge on any atom is 0.157 e. The topological polar surface area (TPSA) is 24.4 Å². The fourth-order valence-corrected chi connectivity index (χ4v) is 3.81. The van der Waals surface area contributed by atoms with Gasteiger partial charge in [-0.25, -0.2) is 0 Å². The van der Waals surface area contributed by atoms with Gasteiger partial charge in [0, 0.05) is 11.3 Å². The predicted octanol–water partition coefficient (Wildman–Crippen LogP) is 4.39. The van der Waals surface area contributed by atoms with Crippen molar-refractivity contribution in [2.24, 2.45) is 4.99 Å². The highest BCUT2D eigenvalue weighted by Crippen LogP contribution is 2.31. The van der Waals surface area contributed by atoms with E-state index in [1.807, 2.05) is 11.8 Å². The van der Waals surface area contributed by atoms with E-state index in [0.29, 0.717) is 0 Å². The van der Waals surface area contributed by atoms with Gasteiger partial charge in [0.1, 0.15) is 0 Å². The molecule has 1 aromatic rings. The van der Waals surface area contributed by atoms with E-state index in [9.17, 15) is 0 Å². The second-order valence-corrected chi connectivity index (χ2v) is 6.13. The third kappa shape index (κ3) is 3.33. The fraction of sp³-hybridized carbons (Fsp3) is 0.562. The van der Waals surface area contributed by atoms with Crippen molar-refractivity contribution in [3.8, 4) is 0 Å². The van der Waals surface area contributed by atoms with Crippen LogP contribution in [0.5, 0.6) is 0 Å². The molecule has 19 heavy (non-hydrogen) atoms. The summed E-state index contributed by atoms with van der Waals surface area (Å²) < 4.78 is 0. The van der Waals surface area contributed by atoms with Gasteiger partial charge < -0.3 is 5.32 Å². The summed E-state index contributed by atoms with van der Waals surface area (Å²) >= 11 is 1.88. The molecule has 1 heterocycles. The first-order valence-corrected chi connectivity index (χ1v) is 8.25. The monoisotopic (exact) mass is 276 g/mol. The van der Waals surface area contributed by atoms with Crippen molar-refractivity contribution in [1.82, 2.24) is 5.32 Å². The van der Waals surface area contributed by atoms with Crippen LogP contribution in [0.25, 0.3) is 0 Å². The Hall–Kier alpha value is -0.960. The normalized spacial score (nSPS) is 21.3. The van der Waals surface area contributed by atoms with Gasteiger partial charge in [0.15, 0.2) is 5.17 Å². The van der Waals surface area contributed by atoms with E-state index in [-0.39, 0.29) is 11.6 Å². The molecule has 1 aliphatic heterocycles. The molecule has 0 radical (unpaired) electrons. The number of thioether (sulfide) groups is 1. The van der Waals surface area contributed by atoms with E-state index in [4.69, 9.17) is 4.99 Å². The minimum Gasteiger partial charge on any atom is -0.359 e. The molecule has 1 atom stereocenters. The highest BCUT2D eigenvalue weighted by Gasteiger charge is 2.34. The van der Waals surface area contributed by atoms with Crippen molar-refractivity contribution >= 4 is 16.9 Å². The van der Waals surface area contributed by atoms with Crippen LogP contribution in [0.4, 0.5) is 0 Å². The van der Waals surface area contributed by atoms with Gasteiger partial charge in [0.05, 0.1) is 6.04 Å². The summed E-state index contributed by atoms with van der Waals surface area (Å²) in [5.74, 6) is 1.14. The lowest BCUT2D eigenvalue weighted by Crippen LogP contribution is -2.42. The number of aliphatic imine (C=N–C) groups is 1. The SMILES string of the molecule is CCC(N=C1NC(CC)(CC)CS1)c1ccccc1. The van der Waals surface area contributed by atoms with Gasteiger partial charge in [-0.3, -0.25) is 4.99 Å². The minimum absolute atomic E-state index is 0.262. The molecule has 0 saturated carbocycles. The highest BCUT2D eigenvalue weighted by molar-refractivity contribution is 8.14. The Morgan fingerprint density at radius 2 is 1.89 bits per heavy atom. The van der Waals surface area contributed by atoms with Crippen molar-refractivity contribution in [3.05, 3.63) is 35.9 Å². The first-order chi connectivity index (χ1) is 9.23. The maximum atomic E-state index is 4.92. The number of benzene rings is 1. The summed E-state index contributed by atoms with van der Waals surface area (Å²) in [6.07, 6.45) is 3.37. The van der Waals surface area contributed by atoms with Crippen molar-refractivity contribution < 1.29 is 0 Å². The molecule has 2 nitrogen and oxygen atoms in total. The molecule has 104 valence electrons. The Morgan fingerprint density at radius 1 is 1.21 bits per heavy atom. The smallest absolute Gasteiger partial charge is 0.157 e. The van der Waals surface area contributed by atoms with Crippen LogP contribution in [0.3, 0.4) is 0 Å². The highest BCUT2D eigenvalue weighted by atomic mass is 32.2. The lowest BCUT2D eigenvalue weighted by Gasteiger charge is -2.25. The summed E-state index contributed by atoms with van der Waals surface area (Å²) in [6.45, 7) is 6.72. The Labute approximate surface area is 121 Å². The third-order valence-corrected chi connectivity index (χ3v) is 5.23. The molecule has 0 bridgehead atoms. The number of amidine groups is 1. The second kappa shape index (κ2) is 6.47. The minimum atomic E-state index is 0.262. The molecule has 1 aliphatic rings. The molecule has 1 fully saturated rings. The first kappa shape index (κ1) is 14.4. The summed E-state index contributed by atoms with van der Waals surface area (Å²) in [6, 6.07) is 10.9. The average Bonchev–Trinajstić information content (AvgIpc) is 2.90. The molecule has 0 aliphatic carbocycles. The molecule has 1 saturated heterocycles. The average molecular weight is 276 g/mol. The van der Waals surface area contributed by atoms with Crippen LogP contribution in [-0.2, 0) is 0 Å². The van der Waals surface area contributed by atoms with E-state index in [0.717, 1.165) is 30.2 Å². The summed E-state index contributed by atoms with van der Waals surface area (Å²) in [7, 11) is 0. The maximum absolute atomic E-state index is 4.92. The van der Waals surface area contributed by atoms with Crippen LogP contribution in [0.2, 0.25) is 0 Å². The van der Waals surface area contributed by atoms with Gasteiger partial charge in [-0.05, 0) is 24.8 Å². The standard InChI is InChI=1S/C16H24N2S/c1-4-14(13-10-8-7-9-11-13)17-15-18-16(5-2,6-3)12-19-15/h7-11,14H,4-6,12H2,1-3H3,(H,17,18). The van der Waals surface area contributed by atoms with Gasteiger partial charge in [-0.15, -0.1) is 0 Å². The third-order valence-electron chi connectivity index (χ3n) is 4.05. The number of nitrogens with zero attached hydrogens (tertiary/aromatic N) is 1. The lowest BCUT2D eigenvalue weighted by molar-refractivity contribution is 0.407. The molecule has 1 N–H and O–H groups in total. The number of nitrogens with one attached hydrogen (secondary N) is 1. The van der Waals surface area contributed by atoms with E-state index in [2.05, 4.69) is 56.4 Å². The largest absolute Gasteiger partial charge is 0.359 e. The van der Waals surface area contributed by atoms with Crippen molar-refractivity contribution in [2.75, 3.05) is 5.75 Å². The molecule has 3 heteroatoms. The summed E-state index contributed by atoms with van der Waals surface area (Å²) in [4.78, 5) is 4.92. The second-order valence-electron chi connectivity index (χ2n) is 5.17. The quantitative estimate of drug-likeness (QED) is 0.862. The van der Waals surface area contributed by atoms with Gasteiger partial charge >= 0.3 is 0 Å². The fourth-order valence-electron chi connectivity index (χ4n) is 2.42. The Kier molecular flexibility index (Phi) is 4.92. The molecule has 2 rings (SSSR count). The molecule has 0 aromatic heterocycles. The number of rotatable bonds is 5. The van der Waals surface area contributed by atoms with Gasteiger partial charge in [0.25, 0.3) is 0 Å². The van der Waals surface area contributed by atoms with Crippen molar-refractivity contribution in [3.63, 3.8) is 0 Å². The number of hydrogen-bond acceptors (Lipinski definition) is 2. The van der Waals surface area contributed by atoms with Gasteiger partial charge in [0.2, 0.25) is 0 Å². The predicted molar refractivity (Wildman–Crippen MR) is 85.8 cm³/mol. The van der Waals surface area contributed by atoms with E-state index < -0.39 is 0 Å². The van der Waals surface area contributed by atoms with Crippen molar-refractivity contribution in [2.45, 2.75) is 51.6 Å². The van der Waals surface area contributed by atoms with E-state index in [1.165, 1.54) is 5.56 Å². The van der Waals surface area contributed by atoms with Crippen LogP contribution in [0.1, 0.15) is 51.6 Å². The zero-order valence-corrected chi connectivity index (χ0v) is 13.0.